The van der Waals surface area contributed by atoms with E-state index in [1.165, 1.54) is 0 Å². The smallest absolute Gasteiger partial charge is 0.245 e. The van der Waals surface area contributed by atoms with Crippen LogP contribution in [0.25, 0.3) is 0 Å². The van der Waals surface area contributed by atoms with Crippen molar-refractivity contribution in [2.75, 3.05) is 11.4 Å². The van der Waals surface area contributed by atoms with Gasteiger partial charge in [0.25, 0.3) is 0 Å². The van der Waals surface area contributed by atoms with Crippen molar-refractivity contribution in [2.45, 2.75) is 6.42 Å². The summed E-state index contributed by atoms with van der Waals surface area (Å²) in [5.41, 5.74) is 4.21. The van der Waals surface area contributed by atoms with Gasteiger partial charge in [-0.05, 0) is 29.8 Å². The second kappa shape index (κ2) is 7.40. The molecule has 5 nitrogen and oxygen atoms in total. The summed E-state index contributed by atoms with van der Waals surface area (Å²) in [4.78, 5) is 26.0. The lowest BCUT2D eigenvalue weighted by Crippen LogP contribution is -2.30. The second-order valence-corrected chi connectivity index (χ2v) is 6.45. The van der Waals surface area contributed by atoms with E-state index in [4.69, 9.17) is 0 Å². The second-order valence-electron chi connectivity index (χ2n) is 5.53. The first-order valence-corrected chi connectivity index (χ1v) is 8.36. The van der Waals surface area contributed by atoms with E-state index in [-0.39, 0.29) is 18.2 Å². The van der Waals surface area contributed by atoms with Gasteiger partial charge in [-0.3, -0.25) is 9.59 Å². The number of nitrogens with one attached hydrogen (secondary N) is 1. The quantitative estimate of drug-likeness (QED) is 0.649. The Kier molecular flexibility index (Phi) is 5.05. The number of para-hydroxylation sites is 1. The Morgan fingerprint density at radius 1 is 1.21 bits per heavy atom. The zero-order chi connectivity index (χ0) is 16.9. The van der Waals surface area contributed by atoms with E-state index in [9.17, 15) is 9.59 Å². The number of amides is 2. The zero-order valence-corrected chi connectivity index (χ0v) is 14.4. The molecule has 1 aliphatic heterocycles. The van der Waals surface area contributed by atoms with Crippen molar-refractivity contribution >= 4 is 39.6 Å². The summed E-state index contributed by atoms with van der Waals surface area (Å²) in [7, 11) is 0. The number of carbonyl (C=O) groups is 2. The minimum atomic E-state index is -0.391. The van der Waals surface area contributed by atoms with Gasteiger partial charge in [-0.15, -0.1) is 0 Å². The molecule has 0 bridgehead atoms. The third-order valence-corrected chi connectivity index (χ3v) is 4.29. The molecule has 1 aliphatic rings. The Morgan fingerprint density at radius 3 is 2.75 bits per heavy atom. The SMILES string of the molecule is O=C(N/N=C\c1cccc(Br)c1)[C@@H]1CC(=O)N(c2ccccc2)C1. The van der Waals surface area contributed by atoms with Crippen LogP contribution in [0.4, 0.5) is 5.69 Å². The summed E-state index contributed by atoms with van der Waals surface area (Å²) in [6, 6.07) is 17.0. The third kappa shape index (κ3) is 3.89. The van der Waals surface area contributed by atoms with Gasteiger partial charge in [0.15, 0.2) is 0 Å². The Morgan fingerprint density at radius 2 is 2.00 bits per heavy atom. The highest BCUT2D eigenvalue weighted by Crippen LogP contribution is 2.24. The lowest BCUT2D eigenvalue weighted by Gasteiger charge is -2.16. The fraction of sp³-hybridized carbons (Fsp3) is 0.167. The van der Waals surface area contributed by atoms with Crippen LogP contribution >= 0.6 is 15.9 Å². The van der Waals surface area contributed by atoms with E-state index >= 15 is 0 Å². The number of hydrazone groups is 1. The predicted molar refractivity (Wildman–Crippen MR) is 96.8 cm³/mol. The van der Waals surface area contributed by atoms with E-state index in [2.05, 4.69) is 26.5 Å². The van der Waals surface area contributed by atoms with Crippen LogP contribution in [0.5, 0.6) is 0 Å². The first-order chi connectivity index (χ1) is 11.6. The number of anilines is 1. The summed E-state index contributed by atoms with van der Waals surface area (Å²) in [5.74, 6) is -0.678. The zero-order valence-electron chi connectivity index (χ0n) is 12.9. The maximum Gasteiger partial charge on any atom is 0.245 e. The molecule has 2 amide bonds. The number of carbonyl (C=O) groups excluding carboxylic acids is 2. The normalized spacial score (nSPS) is 17.5. The Labute approximate surface area is 148 Å². The average molecular weight is 386 g/mol. The molecular weight excluding hydrogens is 370 g/mol. The fourth-order valence-corrected chi connectivity index (χ4v) is 3.01. The molecule has 122 valence electrons. The van der Waals surface area contributed by atoms with Crippen molar-refractivity contribution in [3.05, 3.63) is 64.6 Å². The van der Waals surface area contributed by atoms with E-state index in [0.29, 0.717) is 6.54 Å². The highest BCUT2D eigenvalue weighted by molar-refractivity contribution is 9.10. The minimum absolute atomic E-state index is 0.0441. The van der Waals surface area contributed by atoms with Gasteiger partial charge in [-0.1, -0.05) is 46.3 Å². The topological polar surface area (TPSA) is 61.8 Å². The van der Waals surface area contributed by atoms with Gasteiger partial charge in [0.2, 0.25) is 11.8 Å². The van der Waals surface area contributed by atoms with Gasteiger partial charge in [-0.25, -0.2) is 5.43 Å². The van der Waals surface area contributed by atoms with Crippen LogP contribution in [0.3, 0.4) is 0 Å². The Hall–Kier alpha value is -2.47. The molecule has 2 aromatic carbocycles. The molecule has 3 rings (SSSR count). The Bertz CT molecular complexity index is 777. The molecule has 0 aliphatic carbocycles. The van der Waals surface area contributed by atoms with Crippen LogP contribution in [-0.2, 0) is 9.59 Å². The third-order valence-electron chi connectivity index (χ3n) is 3.80. The molecule has 6 heteroatoms. The molecule has 1 heterocycles. The molecule has 1 fully saturated rings. The monoisotopic (exact) mass is 385 g/mol. The first kappa shape index (κ1) is 16.4. The minimum Gasteiger partial charge on any atom is -0.312 e. The summed E-state index contributed by atoms with van der Waals surface area (Å²) < 4.78 is 0.942. The van der Waals surface area contributed by atoms with Crippen molar-refractivity contribution in [1.29, 1.82) is 0 Å². The van der Waals surface area contributed by atoms with Gasteiger partial charge >= 0.3 is 0 Å². The number of benzene rings is 2. The van der Waals surface area contributed by atoms with Crippen LogP contribution in [0.15, 0.2) is 64.2 Å². The lowest BCUT2D eigenvalue weighted by molar-refractivity contribution is -0.126. The van der Waals surface area contributed by atoms with Crippen molar-refractivity contribution in [3.63, 3.8) is 0 Å². The molecule has 1 N–H and O–H groups in total. The molecular formula is C18H16BrN3O2. The number of nitrogens with zero attached hydrogens (tertiary/aromatic N) is 2. The lowest BCUT2D eigenvalue weighted by atomic mass is 10.1. The van der Waals surface area contributed by atoms with E-state index in [0.717, 1.165) is 15.7 Å². The maximum absolute atomic E-state index is 12.2. The van der Waals surface area contributed by atoms with Crippen LogP contribution in [0.2, 0.25) is 0 Å². The largest absolute Gasteiger partial charge is 0.312 e. The molecule has 1 saturated heterocycles. The number of rotatable bonds is 4. The van der Waals surface area contributed by atoms with Gasteiger partial charge in [-0.2, -0.15) is 5.10 Å². The molecule has 1 atom stereocenters. The molecule has 0 spiro atoms. The van der Waals surface area contributed by atoms with Crippen molar-refractivity contribution in [3.8, 4) is 0 Å². The van der Waals surface area contributed by atoms with Crippen LogP contribution in [0.1, 0.15) is 12.0 Å². The van der Waals surface area contributed by atoms with Crippen molar-refractivity contribution in [1.82, 2.24) is 5.43 Å². The fourth-order valence-electron chi connectivity index (χ4n) is 2.59. The molecule has 2 aromatic rings. The van der Waals surface area contributed by atoms with Crippen molar-refractivity contribution in [2.24, 2.45) is 11.0 Å². The number of halogens is 1. The average Bonchev–Trinajstić information content (AvgIpc) is 2.98. The highest BCUT2D eigenvalue weighted by atomic mass is 79.9. The van der Waals surface area contributed by atoms with Crippen LogP contribution < -0.4 is 10.3 Å². The van der Waals surface area contributed by atoms with Gasteiger partial charge in [0.05, 0.1) is 12.1 Å². The van der Waals surface area contributed by atoms with Crippen LogP contribution in [-0.4, -0.2) is 24.6 Å². The summed E-state index contributed by atoms with van der Waals surface area (Å²) >= 11 is 3.38. The van der Waals surface area contributed by atoms with Crippen molar-refractivity contribution < 1.29 is 9.59 Å². The van der Waals surface area contributed by atoms with Gasteiger partial charge in [0, 0.05) is 23.1 Å². The molecule has 0 aromatic heterocycles. The number of hydrogen-bond acceptors (Lipinski definition) is 3. The van der Waals surface area contributed by atoms with Gasteiger partial charge < -0.3 is 4.90 Å². The predicted octanol–water partition coefficient (Wildman–Crippen LogP) is 2.95. The van der Waals surface area contributed by atoms with E-state index < -0.39 is 5.92 Å². The van der Waals surface area contributed by atoms with Crippen LogP contribution in [0, 0.1) is 5.92 Å². The molecule has 24 heavy (non-hydrogen) atoms. The summed E-state index contributed by atoms with van der Waals surface area (Å²) in [6.07, 6.45) is 1.78. The number of hydrogen-bond donors (Lipinski definition) is 1. The standard InChI is InChI=1S/C18H16BrN3O2/c19-15-6-4-5-13(9-15)11-20-21-18(24)14-10-17(23)22(12-14)16-7-2-1-3-8-16/h1-9,11,14H,10,12H2,(H,21,24)/b20-11-/t14-/m1/s1. The molecule has 0 saturated carbocycles. The highest BCUT2D eigenvalue weighted by Gasteiger charge is 2.34. The van der Waals surface area contributed by atoms with E-state index in [1.807, 2.05) is 54.6 Å². The first-order valence-electron chi connectivity index (χ1n) is 7.57. The van der Waals surface area contributed by atoms with Gasteiger partial charge in [0.1, 0.15) is 0 Å². The maximum atomic E-state index is 12.2. The molecule has 0 unspecified atom stereocenters. The Balaban J connectivity index is 1.59. The summed E-state index contributed by atoms with van der Waals surface area (Å²) in [6.45, 7) is 0.376. The van der Waals surface area contributed by atoms with E-state index in [1.54, 1.807) is 11.1 Å². The molecule has 0 radical (unpaired) electrons. The summed E-state index contributed by atoms with van der Waals surface area (Å²) in [5, 5.41) is 3.97.